The summed E-state index contributed by atoms with van der Waals surface area (Å²) in [5, 5.41) is 9.86. The maximum absolute atomic E-state index is 4.61. The van der Waals surface area contributed by atoms with E-state index in [-0.39, 0.29) is 24.0 Å². The summed E-state index contributed by atoms with van der Waals surface area (Å²) in [5.41, 5.74) is 3.41. The molecule has 2 aromatic heterocycles. The summed E-state index contributed by atoms with van der Waals surface area (Å²) in [7, 11) is 0. The van der Waals surface area contributed by atoms with E-state index in [9.17, 15) is 0 Å². The average molecular weight is 459 g/mol. The first-order chi connectivity index (χ1) is 11.2. The summed E-state index contributed by atoms with van der Waals surface area (Å²) in [6, 6.07) is 4.17. The maximum atomic E-state index is 4.61. The van der Waals surface area contributed by atoms with Crippen molar-refractivity contribution in [1.29, 1.82) is 0 Å². The van der Waals surface area contributed by atoms with E-state index >= 15 is 0 Å². The van der Waals surface area contributed by atoms with Crippen LogP contribution < -0.4 is 10.6 Å². The number of rotatable bonds is 7. The molecule has 0 radical (unpaired) electrons. The van der Waals surface area contributed by atoms with Gasteiger partial charge in [-0.05, 0) is 38.8 Å². The van der Waals surface area contributed by atoms with Crippen molar-refractivity contribution in [1.82, 2.24) is 20.6 Å². The molecule has 0 spiro atoms. The number of pyridine rings is 1. The molecular formula is C17H26IN5S. The molecule has 2 N–H and O–H groups in total. The number of aliphatic imine (C=N–C) groups is 1. The predicted octanol–water partition coefficient (Wildman–Crippen LogP) is 3.11. The zero-order chi connectivity index (χ0) is 16.5. The molecule has 0 atom stereocenters. The number of aryl methyl sites for hydroxylation is 2. The topological polar surface area (TPSA) is 62.2 Å². The summed E-state index contributed by atoms with van der Waals surface area (Å²) >= 11 is 1.69. The Morgan fingerprint density at radius 1 is 1.21 bits per heavy atom. The van der Waals surface area contributed by atoms with E-state index in [0.29, 0.717) is 0 Å². The van der Waals surface area contributed by atoms with E-state index in [1.807, 2.05) is 26.1 Å². The lowest BCUT2D eigenvalue weighted by Crippen LogP contribution is -2.38. The van der Waals surface area contributed by atoms with E-state index in [1.165, 1.54) is 5.56 Å². The van der Waals surface area contributed by atoms with E-state index in [0.717, 1.165) is 54.8 Å². The second-order valence-electron chi connectivity index (χ2n) is 5.35. The van der Waals surface area contributed by atoms with Crippen LogP contribution in [-0.2, 0) is 12.8 Å². The van der Waals surface area contributed by atoms with E-state index in [2.05, 4.69) is 44.0 Å². The molecule has 0 saturated carbocycles. The van der Waals surface area contributed by atoms with Crippen molar-refractivity contribution < 1.29 is 0 Å². The lowest BCUT2D eigenvalue weighted by Gasteiger charge is -2.11. The minimum atomic E-state index is 0. The third-order valence-electron chi connectivity index (χ3n) is 3.33. The monoisotopic (exact) mass is 459 g/mol. The van der Waals surface area contributed by atoms with Crippen LogP contribution in [-0.4, -0.2) is 35.6 Å². The highest BCUT2D eigenvalue weighted by molar-refractivity contribution is 14.0. The number of hydrogen-bond donors (Lipinski definition) is 2. The Bertz CT molecular complexity index is 624. The Hall–Kier alpha value is -1.22. The van der Waals surface area contributed by atoms with Crippen LogP contribution in [0.3, 0.4) is 0 Å². The van der Waals surface area contributed by atoms with Crippen LogP contribution in [0.5, 0.6) is 0 Å². The summed E-state index contributed by atoms with van der Waals surface area (Å²) in [6.07, 6.45) is 3.75. The molecule has 0 amide bonds. The molecule has 2 aromatic rings. The molecule has 0 aliphatic rings. The molecule has 2 rings (SSSR count). The van der Waals surface area contributed by atoms with Crippen molar-refractivity contribution in [2.24, 2.45) is 4.99 Å². The number of halogens is 1. The zero-order valence-electron chi connectivity index (χ0n) is 14.5. The highest BCUT2D eigenvalue weighted by Crippen LogP contribution is 2.08. The van der Waals surface area contributed by atoms with Gasteiger partial charge in [0.1, 0.15) is 0 Å². The van der Waals surface area contributed by atoms with Crippen LogP contribution in [0.1, 0.15) is 28.9 Å². The Kier molecular flexibility index (Phi) is 9.85. The van der Waals surface area contributed by atoms with E-state index in [4.69, 9.17) is 0 Å². The molecule has 0 bridgehead atoms. The molecule has 5 nitrogen and oxygen atoms in total. The van der Waals surface area contributed by atoms with E-state index in [1.54, 1.807) is 11.3 Å². The van der Waals surface area contributed by atoms with Crippen LogP contribution in [0.25, 0.3) is 0 Å². The van der Waals surface area contributed by atoms with Gasteiger partial charge in [-0.25, -0.2) is 4.98 Å². The van der Waals surface area contributed by atoms with Crippen molar-refractivity contribution >= 4 is 41.3 Å². The second-order valence-corrected chi connectivity index (χ2v) is 6.42. The maximum Gasteiger partial charge on any atom is 0.191 e. The summed E-state index contributed by atoms with van der Waals surface area (Å²) in [6.45, 7) is 8.54. The van der Waals surface area contributed by atoms with Crippen LogP contribution in [0.2, 0.25) is 0 Å². The van der Waals surface area contributed by atoms with Gasteiger partial charge < -0.3 is 10.6 Å². The fraction of sp³-hybridized carbons (Fsp3) is 0.471. The molecule has 132 valence electrons. The molecule has 0 fully saturated rings. The van der Waals surface area contributed by atoms with Gasteiger partial charge >= 0.3 is 0 Å². The van der Waals surface area contributed by atoms with Gasteiger partial charge in [-0.15, -0.1) is 35.3 Å². The first-order valence-corrected chi connectivity index (χ1v) is 8.90. The fourth-order valence-electron chi connectivity index (χ4n) is 2.12. The van der Waals surface area contributed by atoms with Crippen LogP contribution in [0.15, 0.2) is 28.7 Å². The van der Waals surface area contributed by atoms with Crippen molar-refractivity contribution in [3.8, 4) is 0 Å². The molecule has 0 saturated heterocycles. The number of hydrogen-bond acceptors (Lipinski definition) is 4. The average Bonchev–Trinajstić information content (AvgIpc) is 2.95. The fourth-order valence-corrected chi connectivity index (χ4v) is 2.77. The van der Waals surface area contributed by atoms with Crippen LogP contribution >= 0.6 is 35.3 Å². The molecule has 7 heteroatoms. The van der Waals surface area contributed by atoms with Gasteiger partial charge in [-0.3, -0.25) is 9.98 Å². The minimum Gasteiger partial charge on any atom is -0.357 e. The number of thiazole rings is 1. The molecular weight excluding hydrogens is 433 g/mol. The SMILES string of the molecule is CCNC(=NCCc1csc(C)n1)NCCc1ccc(C)nc1.I. The normalized spacial score (nSPS) is 11.0. The smallest absolute Gasteiger partial charge is 0.191 e. The van der Waals surface area contributed by atoms with Crippen molar-refractivity contribution in [3.63, 3.8) is 0 Å². The highest BCUT2D eigenvalue weighted by Gasteiger charge is 2.00. The number of nitrogens with one attached hydrogen (secondary N) is 2. The summed E-state index contributed by atoms with van der Waals surface area (Å²) < 4.78 is 0. The predicted molar refractivity (Wildman–Crippen MR) is 113 cm³/mol. The lowest BCUT2D eigenvalue weighted by atomic mass is 10.2. The third-order valence-corrected chi connectivity index (χ3v) is 4.15. The molecule has 0 aliphatic heterocycles. The van der Waals surface area contributed by atoms with Crippen molar-refractivity contribution in [2.75, 3.05) is 19.6 Å². The summed E-state index contributed by atoms with van der Waals surface area (Å²) in [5.74, 6) is 0.861. The van der Waals surface area contributed by atoms with Gasteiger partial charge in [0.25, 0.3) is 0 Å². The molecule has 0 unspecified atom stereocenters. The molecule has 2 heterocycles. The van der Waals surface area contributed by atoms with Gasteiger partial charge in [-0.1, -0.05) is 6.07 Å². The first-order valence-electron chi connectivity index (χ1n) is 8.02. The van der Waals surface area contributed by atoms with Crippen molar-refractivity contribution in [3.05, 3.63) is 45.7 Å². The molecule has 0 aliphatic carbocycles. The zero-order valence-corrected chi connectivity index (χ0v) is 17.6. The van der Waals surface area contributed by atoms with Gasteiger partial charge in [-0.2, -0.15) is 0 Å². The Balaban J connectivity index is 0.00000288. The lowest BCUT2D eigenvalue weighted by molar-refractivity contribution is 0.792. The van der Waals surface area contributed by atoms with Gasteiger partial charge in [0.2, 0.25) is 0 Å². The number of aromatic nitrogens is 2. The van der Waals surface area contributed by atoms with E-state index < -0.39 is 0 Å². The highest BCUT2D eigenvalue weighted by atomic mass is 127. The quantitative estimate of drug-likeness (QED) is 0.380. The van der Waals surface area contributed by atoms with Crippen LogP contribution in [0.4, 0.5) is 0 Å². The first kappa shape index (κ1) is 20.8. The largest absolute Gasteiger partial charge is 0.357 e. The Labute approximate surface area is 165 Å². The van der Waals surface area contributed by atoms with Crippen LogP contribution in [0, 0.1) is 13.8 Å². The Morgan fingerprint density at radius 2 is 2.04 bits per heavy atom. The Morgan fingerprint density at radius 3 is 2.67 bits per heavy atom. The number of guanidine groups is 1. The van der Waals surface area contributed by atoms with Crippen molar-refractivity contribution in [2.45, 2.75) is 33.6 Å². The standard InChI is InChI=1S/C17H25N5S.HI/c1-4-18-17(20-10-8-16-12-23-14(3)22-16)19-9-7-15-6-5-13(2)21-11-15;/h5-6,11-12H,4,7-10H2,1-3H3,(H2,18,19,20);1H. The second kappa shape index (κ2) is 11.4. The van der Waals surface area contributed by atoms with Gasteiger partial charge in [0.15, 0.2) is 5.96 Å². The molecule has 0 aromatic carbocycles. The van der Waals surface area contributed by atoms with Gasteiger partial charge in [0.05, 0.1) is 10.7 Å². The van der Waals surface area contributed by atoms with Gasteiger partial charge in [0, 0.05) is 43.3 Å². The number of nitrogens with zero attached hydrogens (tertiary/aromatic N) is 3. The molecule has 24 heavy (non-hydrogen) atoms. The third kappa shape index (κ3) is 7.57. The minimum absolute atomic E-state index is 0. The summed E-state index contributed by atoms with van der Waals surface area (Å²) in [4.78, 5) is 13.4.